The minimum absolute atomic E-state index is 0.139. The van der Waals surface area contributed by atoms with E-state index >= 15 is 0 Å². The number of nitrogens with one attached hydrogen (secondary N) is 1. The molecule has 7 heteroatoms. The van der Waals surface area contributed by atoms with E-state index in [-0.39, 0.29) is 29.6 Å². The van der Waals surface area contributed by atoms with E-state index in [1.165, 1.54) is 17.0 Å². The van der Waals surface area contributed by atoms with Gasteiger partial charge in [-0.25, -0.2) is 4.39 Å². The van der Waals surface area contributed by atoms with Crippen LogP contribution < -0.4 is 10.2 Å². The fraction of sp³-hybridized carbons (Fsp3) is 0.231. The van der Waals surface area contributed by atoms with Gasteiger partial charge in [0.2, 0.25) is 11.8 Å². The molecule has 46 heavy (non-hydrogen) atoms. The SMILES string of the molecule is CC1=C2[C@@H](CC/C(=C/c3ccc(O)c(F)c3)c3ccccc3)OC[C@@H]2[C@@H]2C(=O)N(c3ccc(Nc4ccccc4)cc3)C(=O)[C@@H]2C1. The molecular formula is C39H35FN2O4. The number of ether oxygens (including phenoxy) is 1. The molecule has 4 aromatic rings. The van der Waals surface area contributed by atoms with E-state index in [1.807, 2.05) is 91.0 Å². The van der Waals surface area contributed by atoms with Crippen molar-refractivity contribution in [1.29, 1.82) is 0 Å². The summed E-state index contributed by atoms with van der Waals surface area (Å²) in [6.45, 7) is 2.47. The third-order valence-corrected chi connectivity index (χ3v) is 9.47. The molecule has 0 unspecified atom stereocenters. The van der Waals surface area contributed by atoms with Crippen LogP contribution in [-0.4, -0.2) is 29.6 Å². The van der Waals surface area contributed by atoms with Gasteiger partial charge in [-0.15, -0.1) is 0 Å². The van der Waals surface area contributed by atoms with Crippen molar-refractivity contribution in [1.82, 2.24) is 0 Å². The molecule has 3 aliphatic rings. The van der Waals surface area contributed by atoms with Crippen LogP contribution in [-0.2, 0) is 14.3 Å². The lowest BCUT2D eigenvalue weighted by Crippen LogP contribution is -2.34. The predicted molar refractivity (Wildman–Crippen MR) is 178 cm³/mol. The lowest BCUT2D eigenvalue weighted by atomic mass is 9.70. The van der Waals surface area contributed by atoms with Gasteiger partial charge in [0.25, 0.3) is 0 Å². The van der Waals surface area contributed by atoms with Crippen LogP contribution in [0, 0.1) is 23.6 Å². The molecule has 4 aromatic carbocycles. The van der Waals surface area contributed by atoms with Gasteiger partial charge in [-0.2, -0.15) is 0 Å². The summed E-state index contributed by atoms with van der Waals surface area (Å²) in [7, 11) is 0. The number of benzene rings is 4. The Morgan fingerprint density at radius 3 is 2.33 bits per heavy atom. The number of aromatic hydroxyl groups is 1. The van der Waals surface area contributed by atoms with Gasteiger partial charge in [0.1, 0.15) is 0 Å². The number of para-hydroxylation sites is 1. The molecule has 2 amide bonds. The highest BCUT2D eigenvalue weighted by molar-refractivity contribution is 6.22. The highest BCUT2D eigenvalue weighted by Gasteiger charge is 2.56. The summed E-state index contributed by atoms with van der Waals surface area (Å²) in [6, 6.07) is 31.6. The number of hydrogen-bond donors (Lipinski definition) is 2. The minimum Gasteiger partial charge on any atom is -0.505 e. The Balaban J connectivity index is 1.09. The summed E-state index contributed by atoms with van der Waals surface area (Å²) in [5.74, 6) is -2.31. The van der Waals surface area contributed by atoms with Crippen molar-refractivity contribution in [2.75, 3.05) is 16.8 Å². The molecule has 2 saturated heterocycles. The zero-order valence-corrected chi connectivity index (χ0v) is 25.5. The molecular weight excluding hydrogens is 579 g/mol. The summed E-state index contributed by atoms with van der Waals surface area (Å²) in [4.78, 5) is 29.0. The molecule has 4 atom stereocenters. The molecule has 232 valence electrons. The zero-order chi connectivity index (χ0) is 31.8. The molecule has 2 N–H and O–H groups in total. The number of phenolic OH excluding ortho intramolecular Hbond substituents is 1. The quantitative estimate of drug-likeness (QED) is 0.119. The number of rotatable bonds is 8. The molecule has 0 aromatic heterocycles. The van der Waals surface area contributed by atoms with Crippen LogP contribution in [0.5, 0.6) is 5.75 Å². The van der Waals surface area contributed by atoms with Crippen molar-refractivity contribution < 1.29 is 23.8 Å². The first-order valence-electron chi connectivity index (χ1n) is 15.7. The zero-order valence-electron chi connectivity index (χ0n) is 25.5. The Morgan fingerprint density at radius 1 is 0.913 bits per heavy atom. The lowest BCUT2D eigenvalue weighted by molar-refractivity contribution is -0.122. The summed E-state index contributed by atoms with van der Waals surface area (Å²) < 4.78 is 20.5. The number of hydrogen-bond acceptors (Lipinski definition) is 5. The maximum atomic E-state index is 14.1. The normalized spacial score (nSPS) is 22.7. The van der Waals surface area contributed by atoms with Crippen LogP contribution in [0.2, 0.25) is 0 Å². The summed E-state index contributed by atoms with van der Waals surface area (Å²) in [5.41, 5.74) is 7.40. The van der Waals surface area contributed by atoms with Gasteiger partial charge >= 0.3 is 0 Å². The topological polar surface area (TPSA) is 78.9 Å². The maximum Gasteiger partial charge on any atom is 0.238 e. The third kappa shape index (κ3) is 5.63. The van der Waals surface area contributed by atoms with E-state index in [2.05, 4.69) is 12.2 Å². The highest BCUT2D eigenvalue weighted by Crippen LogP contribution is 2.50. The second kappa shape index (κ2) is 12.4. The van der Waals surface area contributed by atoms with Crippen molar-refractivity contribution in [3.05, 3.63) is 131 Å². The second-order valence-electron chi connectivity index (χ2n) is 12.3. The van der Waals surface area contributed by atoms with Crippen LogP contribution in [0.15, 0.2) is 114 Å². The van der Waals surface area contributed by atoms with E-state index in [0.29, 0.717) is 37.1 Å². The van der Waals surface area contributed by atoms with Crippen molar-refractivity contribution in [3.8, 4) is 5.75 Å². The number of halogens is 1. The Kier molecular flexibility index (Phi) is 8.01. The van der Waals surface area contributed by atoms with Gasteiger partial charge in [-0.05, 0) is 97.0 Å². The average Bonchev–Trinajstić information content (AvgIpc) is 3.60. The first-order valence-corrected chi connectivity index (χ1v) is 15.7. The van der Waals surface area contributed by atoms with Crippen LogP contribution >= 0.6 is 0 Å². The number of nitrogens with zero attached hydrogens (tertiary/aromatic N) is 1. The second-order valence-corrected chi connectivity index (χ2v) is 12.3. The van der Waals surface area contributed by atoms with Gasteiger partial charge in [0, 0.05) is 17.3 Å². The molecule has 0 radical (unpaired) electrons. The van der Waals surface area contributed by atoms with Gasteiger partial charge < -0.3 is 15.2 Å². The number of phenols is 1. The summed E-state index contributed by atoms with van der Waals surface area (Å²) >= 11 is 0. The Morgan fingerprint density at radius 2 is 1.61 bits per heavy atom. The molecule has 1 aliphatic carbocycles. The lowest BCUT2D eigenvalue weighted by Gasteiger charge is -2.30. The van der Waals surface area contributed by atoms with Gasteiger partial charge in [-0.1, -0.05) is 66.2 Å². The molecule has 0 bridgehead atoms. The molecule has 0 saturated carbocycles. The van der Waals surface area contributed by atoms with Crippen molar-refractivity contribution in [2.24, 2.45) is 17.8 Å². The van der Waals surface area contributed by atoms with Crippen molar-refractivity contribution in [3.63, 3.8) is 0 Å². The minimum atomic E-state index is -0.662. The number of carbonyl (C=O) groups is 2. The number of imide groups is 1. The average molecular weight is 615 g/mol. The number of fused-ring (bicyclic) bond motifs is 3. The highest BCUT2D eigenvalue weighted by atomic mass is 19.1. The summed E-state index contributed by atoms with van der Waals surface area (Å²) in [6.07, 6.45) is 3.66. The van der Waals surface area contributed by atoms with E-state index < -0.39 is 17.7 Å². The van der Waals surface area contributed by atoms with Crippen LogP contribution in [0.4, 0.5) is 21.5 Å². The maximum absolute atomic E-state index is 14.1. The smallest absolute Gasteiger partial charge is 0.238 e. The first-order chi connectivity index (χ1) is 22.4. The molecule has 7 rings (SSSR count). The Hall–Kier alpha value is -5.01. The van der Waals surface area contributed by atoms with Crippen LogP contribution in [0.3, 0.4) is 0 Å². The first kappa shape index (κ1) is 29.7. The summed E-state index contributed by atoms with van der Waals surface area (Å²) in [5, 5.41) is 13.0. The Bertz CT molecular complexity index is 1840. The monoisotopic (exact) mass is 614 g/mol. The molecule has 2 aliphatic heterocycles. The van der Waals surface area contributed by atoms with Gasteiger partial charge in [0.05, 0.1) is 30.2 Å². The molecule has 2 heterocycles. The van der Waals surface area contributed by atoms with E-state index in [1.54, 1.807) is 6.07 Å². The third-order valence-electron chi connectivity index (χ3n) is 9.47. The van der Waals surface area contributed by atoms with Crippen LogP contribution in [0.25, 0.3) is 11.6 Å². The fourth-order valence-electron chi connectivity index (χ4n) is 7.32. The number of allylic oxidation sites excluding steroid dienone is 2. The van der Waals surface area contributed by atoms with Crippen molar-refractivity contribution in [2.45, 2.75) is 32.3 Å². The van der Waals surface area contributed by atoms with Gasteiger partial charge in [-0.3, -0.25) is 14.5 Å². The molecule has 6 nitrogen and oxygen atoms in total. The largest absolute Gasteiger partial charge is 0.505 e. The molecule has 0 spiro atoms. The van der Waals surface area contributed by atoms with E-state index in [9.17, 15) is 19.1 Å². The van der Waals surface area contributed by atoms with Crippen molar-refractivity contribution >= 4 is 40.5 Å². The van der Waals surface area contributed by atoms with E-state index in [4.69, 9.17) is 4.74 Å². The van der Waals surface area contributed by atoms with Gasteiger partial charge in [0.15, 0.2) is 11.6 Å². The van der Waals surface area contributed by atoms with E-state index in [0.717, 1.165) is 33.7 Å². The fourth-order valence-corrected chi connectivity index (χ4v) is 7.32. The number of carbonyl (C=O) groups excluding carboxylic acids is 2. The van der Waals surface area contributed by atoms with Crippen LogP contribution in [0.1, 0.15) is 37.3 Å². The Labute approximate surface area is 267 Å². The standard InChI is InChI=1S/C39H35FN2O4/c1-24-20-31-37(39(45)42(38(31)44)30-16-14-29(15-17-30)41-28-10-6-3-7-11-28)32-23-46-35(36(24)32)19-13-27(26-8-4-2-5-9-26)21-25-12-18-34(43)33(40)22-25/h2-12,14-18,21-22,31-32,35,37,41,43H,13,19-20,23H2,1H3/b27-21-/t31-,32+,35-,37-/m1/s1. The number of amides is 2. The number of anilines is 3. The predicted octanol–water partition coefficient (Wildman–Crippen LogP) is 8.14. The molecule has 2 fully saturated rings.